The van der Waals surface area contributed by atoms with E-state index in [2.05, 4.69) is 22.8 Å². The third kappa shape index (κ3) is 2.71. The smallest absolute Gasteiger partial charge is 0.407 e. The molecule has 32 heavy (non-hydrogen) atoms. The number of anilines is 2. The fraction of sp³-hybridized carbons (Fsp3) is 0.478. The highest BCUT2D eigenvalue weighted by Gasteiger charge is 2.47. The van der Waals surface area contributed by atoms with Gasteiger partial charge in [-0.1, -0.05) is 18.2 Å². The first-order chi connectivity index (χ1) is 15.6. The predicted octanol–water partition coefficient (Wildman–Crippen LogP) is 1.79. The van der Waals surface area contributed by atoms with Gasteiger partial charge in [0.2, 0.25) is 5.88 Å². The Bertz CT molecular complexity index is 1160. The number of carbonyl (C=O) groups is 1. The van der Waals surface area contributed by atoms with Crippen LogP contribution in [0.15, 0.2) is 30.0 Å². The van der Waals surface area contributed by atoms with Crippen molar-refractivity contribution in [2.75, 3.05) is 49.6 Å². The van der Waals surface area contributed by atoms with E-state index in [0.717, 1.165) is 41.7 Å². The van der Waals surface area contributed by atoms with E-state index < -0.39 is 6.09 Å². The Kier molecular flexibility index (Phi) is 4.31. The van der Waals surface area contributed by atoms with E-state index >= 15 is 0 Å². The quantitative estimate of drug-likeness (QED) is 0.679. The Morgan fingerprint density at radius 2 is 2.03 bits per heavy atom. The fourth-order valence-electron chi connectivity index (χ4n) is 5.82. The number of amides is 1. The lowest BCUT2D eigenvalue weighted by Crippen LogP contribution is -2.62. The lowest BCUT2D eigenvalue weighted by Gasteiger charge is -2.51. The first kappa shape index (κ1) is 19.4. The van der Waals surface area contributed by atoms with Gasteiger partial charge in [0.15, 0.2) is 0 Å². The van der Waals surface area contributed by atoms with Crippen LogP contribution in [0.3, 0.4) is 0 Å². The van der Waals surface area contributed by atoms with Gasteiger partial charge in [0.25, 0.3) is 0 Å². The largest absolute Gasteiger partial charge is 0.469 e. The molecular weight excluding hydrogens is 410 g/mol. The van der Waals surface area contributed by atoms with Crippen molar-refractivity contribution in [3.05, 3.63) is 30.0 Å². The lowest BCUT2D eigenvalue weighted by molar-refractivity contribution is 0.0989. The van der Waals surface area contributed by atoms with Crippen molar-refractivity contribution >= 4 is 34.3 Å². The maximum absolute atomic E-state index is 12.3. The summed E-state index contributed by atoms with van der Waals surface area (Å²) < 4.78 is 6.50. The molecule has 0 aliphatic carbocycles. The van der Waals surface area contributed by atoms with Crippen molar-refractivity contribution in [1.29, 1.82) is 0 Å². The van der Waals surface area contributed by atoms with Gasteiger partial charge in [-0.3, -0.25) is 4.90 Å². The number of ether oxygens (including phenoxy) is 1. The molecule has 9 nitrogen and oxygen atoms in total. The van der Waals surface area contributed by atoms with Crippen LogP contribution in [-0.4, -0.2) is 89.9 Å². The van der Waals surface area contributed by atoms with Crippen LogP contribution in [0.5, 0.6) is 5.88 Å². The number of piperazine rings is 1. The number of carboxylic acid groups (broad SMARTS) is 1. The summed E-state index contributed by atoms with van der Waals surface area (Å²) in [5.74, 6) is 2.71. The molecule has 4 aliphatic heterocycles. The number of nitrogens with zero attached hydrogens (tertiary/aromatic N) is 5. The second-order valence-electron chi connectivity index (χ2n) is 9.01. The molecule has 0 saturated carbocycles. The number of pyridine rings is 1. The summed E-state index contributed by atoms with van der Waals surface area (Å²) in [6.07, 6.45) is 1.05. The van der Waals surface area contributed by atoms with Crippen LogP contribution in [0.4, 0.5) is 16.2 Å². The Balaban J connectivity index is 1.54. The summed E-state index contributed by atoms with van der Waals surface area (Å²) in [7, 11) is 2.11. The molecule has 5 heterocycles. The molecule has 1 aromatic carbocycles. The topological polar surface area (TPSA) is 89.5 Å². The van der Waals surface area contributed by atoms with Crippen molar-refractivity contribution in [3.63, 3.8) is 0 Å². The molecule has 1 aromatic heterocycles. The zero-order valence-electron chi connectivity index (χ0n) is 17.9. The highest BCUT2D eigenvalue weighted by Crippen LogP contribution is 2.51. The summed E-state index contributed by atoms with van der Waals surface area (Å²) in [4.78, 5) is 36.7. The summed E-state index contributed by atoms with van der Waals surface area (Å²) in [6, 6.07) is 7.79. The molecule has 166 valence electrons. The maximum atomic E-state index is 12.3. The van der Waals surface area contributed by atoms with Crippen LogP contribution < -0.4 is 14.5 Å². The van der Waals surface area contributed by atoms with Crippen LogP contribution in [0.1, 0.15) is 12.8 Å². The summed E-state index contributed by atoms with van der Waals surface area (Å²) in [5, 5.41) is 10.6. The fourth-order valence-corrected chi connectivity index (χ4v) is 5.82. The third-order valence-electron chi connectivity index (χ3n) is 7.36. The third-order valence-corrected chi connectivity index (χ3v) is 7.36. The Morgan fingerprint density at radius 3 is 2.78 bits per heavy atom. The van der Waals surface area contributed by atoms with Gasteiger partial charge in [-0.05, 0) is 32.5 Å². The van der Waals surface area contributed by atoms with Crippen molar-refractivity contribution < 1.29 is 19.4 Å². The monoisotopic (exact) mass is 435 g/mol. The van der Waals surface area contributed by atoms with E-state index in [1.54, 1.807) is 0 Å². The Hall–Kier alpha value is -3.29. The van der Waals surface area contributed by atoms with E-state index in [1.165, 1.54) is 4.90 Å². The number of rotatable bonds is 1. The standard InChI is InChI=1S/C23H25N5O4/c1-25-8-4-7-16(25)19-12-28-18(13-29)17-11-26(23(30)31)9-10-27(17)20-14-5-2-3-6-15(14)24-22(32-19)21(20)28/h2-3,5-6,16-17,19H,4,7-12H2,1H3,(H,30,31)/t16-,17?,19?/m0/s1. The average molecular weight is 435 g/mol. The first-order valence-electron chi connectivity index (χ1n) is 11.1. The molecular formula is C23H25N5O4. The second-order valence-corrected chi connectivity index (χ2v) is 9.01. The van der Waals surface area contributed by atoms with Gasteiger partial charge in [-0.15, -0.1) is 0 Å². The zero-order valence-corrected chi connectivity index (χ0v) is 17.9. The van der Waals surface area contributed by atoms with Crippen molar-refractivity contribution in [1.82, 2.24) is 14.8 Å². The van der Waals surface area contributed by atoms with E-state index in [-0.39, 0.29) is 24.7 Å². The molecule has 6 rings (SSSR count). The molecule has 0 bridgehead atoms. The minimum absolute atomic E-state index is 0.134. The first-order valence-corrected chi connectivity index (χ1v) is 11.1. The van der Waals surface area contributed by atoms with Crippen molar-refractivity contribution in [2.45, 2.75) is 31.0 Å². The van der Waals surface area contributed by atoms with Gasteiger partial charge in [-0.2, -0.15) is 0 Å². The minimum atomic E-state index is -0.964. The number of hydrogen-bond donors (Lipinski definition) is 1. The number of carbonyl (C=O) groups excluding carboxylic acids is 1. The molecule has 4 aliphatic rings. The van der Waals surface area contributed by atoms with Crippen LogP contribution >= 0.6 is 0 Å². The minimum Gasteiger partial charge on any atom is -0.469 e. The number of likely N-dealkylation sites (N-methyl/N-ethyl adjacent to an activating group) is 1. The number of likely N-dealkylation sites (tertiary alicyclic amines) is 1. The molecule has 2 aromatic rings. The van der Waals surface area contributed by atoms with Crippen LogP contribution in [0.25, 0.3) is 10.9 Å². The molecule has 2 fully saturated rings. The van der Waals surface area contributed by atoms with Gasteiger partial charge in [0.1, 0.15) is 23.4 Å². The van der Waals surface area contributed by atoms with E-state index in [1.807, 2.05) is 29.2 Å². The van der Waals surface area contributed by atoms with Gasteiger partial charge < -0.3 is 24.5 Å². The Labute approximate surface area is 185 Å². The van der Waals surface area contributed by atoms with Gasteiger partial charge >= 0.3 is 6.09 Å². The highest BCUT2D eigenvalue weighted by atomic mass is 16.5. The Morgan fingerprint density at radius 1 is 1.19 bits per heavy atom. The molecule has 2 unspecified atom stereocenters. The number of fused-ring (bicyclic) bond motifs is 4. The van der Waals surface area contributed by atoms with Gasteiger partial charge in [0.05, 0.1) is 30.3 Å². The van der Waals surface area contributed by atoms with Crippen LogP contribution in [-0.2, 0) is 4.79 Å². The van der Waals surface area contributed by atoms with E-state index in [0.29, 0.717) is 31.2 Å². The van der Waals surface area contributed by atoms with Gasteiger partial charge in [0, 0.05) is 24.5 Å². The molecule has 9 heteroatoms. The summed E-state index contributed by atoms with van der Waals surface area (Å²) in [5.41, 5.74) is 3.08. The van der Waals surface area contributed by atoms with E-state index in [4.69, 9.17) is 9.72 Å². The number of hydrogen-bond acceptors (Lipinski definition) is 7. The lowest BCUT2D eigenvalue weighted by atomic mass is 9.96. The van der Waals surface area contributed by atoms with Gasteiger partial charge in [-0.25, -0.2) is 14.6 Å². The van der Waals surface area contributed by atoms with Crippen molar-refractivity contribution in [2.24, 2.45) is 0 Å². The normalized spacial score (nSPS) is 27.1. The van der Waals surface area contributed by atoms with Crippen LogP contribution in [0.2, 0.25) is 0 Å². The number of benzene rings is 1. The molecule has 3 atom stereocenters. The molecule has 0 spiro atoms. The SMILES string of the molecule is CN1CCC[C@H]1C1CN2C(=C=O)C3CN(C(=O)O)CCN3c3c2c(nc2ccccc32)O1. The second kappa shape index (κ2) is 7.12. The zero-order chi connectivity index (χ0) is 22.0. The molecule has 1 N–H and O–H groups in total. The summed E-state index contributed by atoms with van der Waals surface area (Å²) in [6.45, 7) is 2.65. The van der Waals surface area contributed by atoms with E-state index in [9.17, 15) is 14.7 Å². The average Bonchev–Trinajstić information content (AvgIpc) is 3.24. The van der Waals surface area contributed by atoms with Crippen molar-refractivity contribution in [3.8, 4) is 5.88 Å². The van der Waals surface area contributed by atoms with Crippen LogP contribution in [0, 0.1) is 0 Å². The number of para-hydroxylation sites is 1. The molecule has 1 amide bonds. The predicted molar refractivity (Wildman–Crippen MR) is 119 cm³/mol. The number of aromatic nitrogens is 1. The highest BCUT2D eigenvalue weighted by molar-refractivity contribution is 6.03. The molecule has 0 radical (unpaired) electrons. The molecule has 2 saturated heterocycles. The maximum Gasteiger partial charge on any atom is 0.407 e. The summed E-state index contributed by atoms with van der Waals surface area (Å²) >= 11 is 0.